The number of carbonyl (C=O) groups excluding carboxylic acids is 1. The first-order valence-corrected chi connectivity index (χ1v) is 9.45. The lowest BCUT2D eigenvalue weighted by molar-refractivity contribution is -0.118. The van der Waals surface area contributed by atoms with E-state index in [1.165, 1.54) is 51.5 Å². The molecule has 0 unspecified atom stereocenters. The number of nitrogens with one attached hydrogen (secondary N) is 1. The molecule has 0 bridgehead atoms. The van der Waals surface area contributed by atoms with Gasteiger partial charge in [-0.2, -0.15) is 0 Å². The first-order valence-electron chi connectivity index (χ1n) is 7.63. The third-order valence-corrected chi connectivity index (χ3v) is 5.59. The minimum absolute atomic E-state index is 0.0842. The summed E-state index contributed by atoms with van der Waals surface area (Å²) in [6, 6.07) is 7.94. The van der Waals surface area contributed by atoms with Gasteiger partial charge in [0.1, 0.15) is 22.2 Å². The van der Waals surface area contributed by atoms with Gasteiger partial charge in [0.2, 0.25) is 10.0 Å². The second kappa shape index (κ2) is 8.55. The van der Waals surface area contributed by atoms with Crippen LogP contribution in [-0.2, 0) is 14.8 Å². The van der Waals surface area contributed by atoms with E-state index >= 15 is 0 Å². The van der Waals surface area contributed by atoms with Gasteiger partial charge in [-0.15, -0.1) is 0 Å². The van der Waals surface area contributed by atoms with Crippen molar-refractivity contribution < 1.29 is 27.1 Å². The van der Waals surface area contributed by atoms with Gasteiger partial charge in [0.25, 0.3) is 5.91 Å². The van der Waals surface area contributed by atoms with Crippen LogP contribution in [0.5, 0.6) is 11.5 Å². The molecular formula is C17H18ClFN2O5S. The van der Waals surface area contributed by atoms with E-state index in [-0.39, 0.29) is 33.7 Å². The Kier molecular flexibility index (Phi) is 6.63. The molecule has 27 heavy (non-hydrogen) atoms. The van der Waals surface area contributed by atoms with E-state index in [2.05, 4.69) is 5.32 Å². The van der Waals surface area contributed by atoms with Gasteiger partial charge >= 0.3 is 0 Å². The summed E-state index contributed by atoms with van der Waals surface area (Å²) in [4.78, 5) is 12.0. The Morgan fingerprint density at radius 3 is 2.52 bits per heavy atom. The smallest absolute Gasteiger partial charge is 0.262 e. The molecule has 0 saturated heterocycles. The molecule has 7 nitrogen and oxygen atoms in total. The van der Waals surface area contributed by atoms with Crippen LogP contribution in [0.1, 0.15) is 0 Å². The second-order valence-corrected chi connectivity index (χ2v) is 8.09. The molecule has 0 radical (unpaired) electrons. The molecule has 0 atom stereocenters. The van der Waals surface area contributed by atoms with E-state index in [1.54, 1.807) is 0 Å². The number of amides is 1. The lowest BCUT2D eigenvalue weighted by Crippen LogP contribution is -2.24. The van der Waals surface area contributed by atoms with Crippen LogP contribution >= 0.6 is 11.6 Å². The van der Waals surface area contributed by atoms with Gasteiger partial charge in [-0.25, -0.2) is 17.1 Å². The normalized spacial score (nSPS) is 11.3. The fraction of sp³-hybridized carbons (Fsp3) is 0.235. The summed E-state index contributed by atoms with van der Waals surface area (Å²) in [5.74, 6) is -0.754. The Balaban J connectivity index is 2.12. The monoisotopic (exact) mass is 416 g/mol. The zero-order chi connectivity index (χ0) is 20.2. The summed E-state index contributed by atoms with van der Waals surface area (Å²) in [5, 5.41) is 2.41. The molecule has 0 aliphatic carbocycles. The molecule has 0 fully saturated rings. The van der Waals surface area contributed by atoms with E-state index in [1.807, 2.05) is 0 Å². The average molecular weight is 417 g/mol. The average Bonchev–Trinajstić information content (AvgIpc) is 2.62. The quantitative estimate of drug-likeness (QED) is 0.750. The van der Waals surface area contributed by atoms with Gasteiger partial charge in [-0.3, -0.25) is 4.79 Å². The molecule has 0 spiro atoms. The Morgan fingerprint density at radius 2 is 1.93 bits per heavy atom. The zero-order valence-electron chi connectivity index (χ0n) is 14.8. The summed E-state index contributed by atoms with van der Waals surface area (Å²) in [5.41, 5.74) is 0.252. The third-order valence-electron chi connectivity index (χ3n) is 3.47. The van der Waals surface area contributed by atoms with E-state index in [4.69, 9.17) is 21.1 Å². The second-order valence-electron chi connectivity index (χ2n) is 5.57. The molecule has 0 saturated carbocycles. The number of nitrogens with zero attached hydrogens (tertiary/aromatic N) is 1. The SMILES string of the molecule is COc1ccc(NC(=O)COc2ccc(F)c(Cl)c2)cc1S(=O)(=O)N(C)C. The molecule has 0 aliphatic heterocycles. The van der Waals surface area contributed by atoms with Crippen molar-refractivity contribution in [3.8, 4) is 11.5 Å². The molecule has 2 aromatic rings. The minimum atomic E-state index is -3.77. The van der Waals surface area contributed by atoms with E-state index in [0.717, 1.165) is 10.4 Å². The Bertz CT molecular complexity index is 950. The maximum Gasteiger partial charge on any atom is 0.262 e. The van der Waals surface area contributed by atoms with Crippen LogP contribution in [0.25, 0.3) is 0 Å². The van der Waals surface area contributed by atoms with Gasteiger partial charge in [-0.05, 0) is 30.3 Å². The van der Waals surface area contributed by atoms with Gasteiger partial charge < -0.3 is 14.8 Å². The minimum Gasteiger partial charge on any atom is -0.495 e. The number of anilines is 1. The van der Waals surface area contributed by atoms with Gasteiger partial charge in [0.05, 0.1) is 12.1 Å². The number of hydrogen-bond donors (Lipinski definition) is 1. The molecule has 1 N–H and O–H groups in total. The molecule has 1 amide bonds. The van der Waals surface area contributed by atoms with Gasteiger partial charge in [-0.1, -0.05) is 11.6 Å². The Hall–Kier alpha value is -2.36. The molecule has 0 aromatic heterocycles. The van der Waals surface area contributed by atoms with Gasteiger partial charge in [0, 0.05) is 25.8 Å². The van der Waals surface area contributed by atoms with Crippen LogP contribution in [0.2, 0.25) is 5.02 Å². The van der Waals surface area contributed by atoms with E-state index < -0.39 is 21.7 Å². The lowest BCUT2D eigenvalue weighted by atomic mass is 10.3. The summed E-state index contributed by atoms with van der Waals surface area (Å²) >= 11 is 5.64. The molecule has 146 valence electrons. The van der Waals surface area contributed by atoms with Crippen molar-refractivity contribution in [3.05, 3.63) is 47.2 Å². The van der Waals surface area contributed by atoms with Crippen LogP contribution in [0.4, 0.5) is 10.1 Å². The summed E-state index contributed by atoms with van der Waals surface area (Å²) < 4.78 is 49.2. The van der Waals surface area contributed by atoms with Crippen molar-refractivity contribution >= 4 is 33.2 Å². The van der Waals surface area contributed by atoms with E-state index in [0.29, 0.717) is 0 Å². The number of carbonyl (C=O) groups is 1. The molecule has 2 aromatic carbocycles. The fourth-order valence-electron chi connectivity index (χ4n) is 2.07. The highest BCUT2D eigenvalue weighted by molar-refractivity contribution is 7.89. The topological polar surface area (TPSA) is 84.9 Å². The zero-order valence-corrected chi connectivity index (χ0v) is 16.4. The summed E-state index contributed by atoms with van der Waals surface area (Å²) in [7, 11) is 0.366. The van der Waals surface area contributed by atoms with Gasteiger partial charge in [0.15, 0.2) is 6.61 Å². The van der Waals surface area contributed by atoms with Crippen molar-refractivity contribution in [2.75, 3.05) is 33.1 Å². The van der Waals surface area contributed by atoms with Crippen molar-refractivity contribution in [1.29, 1.82) is 0 Å². The first-order chi connectivity index (χ1) is 12.6. The Morgan fingerprint density at radius 1 is 1.22 bits per heavy atom. The lowest BCUT2D eigenvalue weighted by Gasteiger charge is -2.16. The number of ether oxygens (including phenoxy) is 2. The maximum absolute atomic E-state index is 13.1. The van der Waals surface area contributed by atoms with E-state index in [9.17, 15) is 17.6 Å². The largest absolute Gasteiger partial charge is 0.495 e. The van der Waals surface area contributed by atoms with Crippen molar-refractivity contribution in [3.63, 3.8) is 0 Å². The third kappa shape index (κ3) is 5.09. The number of halogens is 2. The predicted octanol–water partition coefficient (Wildman–Crippen LogP) is 2.76. The van der Waals surface area contributed by atoms with Crippen LogP contribution in [0.3, 0.4) is 0 Å². The van der Waals surface area contributed by atoms with Crippen LogP contribution in [-0.4, -0.2) is 46.4 Å². The number of rotatable bonds is 7. The highest BCUT2D eigenvalue weighted by Gasteiger charge is 2.23. The first kappa shape index (κ1) is 20.9. The molecule has 10 heteroatoms. The maximum atomic E-state index is 13.1. The summed E-state index contributed by atoms with van der Waals surface area (Å²) in [6.07, 6.45) is 0. The fourth-order valence-corrected chi connectivity index (χ4v) is 3.31. The van der Waals surface area contributed by atoms with Crippen LogP contribution < -0.4 is 14.8 Å². The number of sulfonamides is 1. The number of benzene rings is 2. The number of hydrogen-bond acceptors (Lipinski definition) is 5. The summed E-state index contributed by atoms with van der Waals surface area (Å²) in [6.45, 7) is -0.371. The van der Waals surface area contributed by atoms with Crippen molar-refractivity contribution in [1.82, 2.24) is 4.31 Å². The molecule has 0 aliphatic rings. The highest BCUT2D eigenvalue weighted by Crippen LogP contribution is 2.29. The standard InChI is InChI=1S/C17H18ClFN2O5S/c1-21(2)27(23,24)16-8-11(4-7-15(16)25-3)20-17(22)10-26-12-5-6-14(19)13(18)9-12/h4-9H,10H2,1-3H3,(H,20,22). The highest BCUT2D eigenvalue weighted by atomic mass is 35.5. The number of methoxy groups -OCH3 is 1. The van der Waals surface area contributed by atoms with Crippen LogP contribution in [0, 0.1) is 5.82 Å². The molecular weight excluding hydrogens is 399 g/mol. The molecule has 2 rings (SSSR count). The Labute approximate surface area is 161 Å². The van der Waals surface area contributed by atoms with Crippen LogP contribution in [0.15, 0.2) is 41.3 Å². The molecule has 0 heterocycles. The predicted molar refractivity (Wildman–Crippen MR) is 99.4 cm³/mol. The van der Waals surface area contributed by atoms with Crippen molar-refractivity contribution in [2.45, 2.75) is 4.90 Å². The van der Waals surface area contributed by atoms with Crippen molar-refractivity contribution in [2.24, 2.45) is 0 Å².